The first kappa shape index (κ1) is 20.5. The van der Waals surface area contributed by atoms with E-state index in [0.717, 1.165) is 35.9 Å². The molecular weight excluding hydrogens is 362 g/mol. The summed E-state index contributed by atoms with van der Waals surface area (Å²) in [6.07, 6.45) is 5.12. The highest BCUT2D eigenvalue weighted by atomic mass is 16.5. The first-order valence-electron chi connectivity index (χ1n) is 9.95. The van der Waals surface area contributed by atoms with Crippen molar-refractivity contribution in [3.05, 3.63) is 52.8 Å². The minimum absolute atomic E-state index is 0.468. The van der Waals surface area contributed by atoms with Crippen LogP contribution in [0, 0.1) is 25.2 Å². The van der Waals surface area contributed by atoms with Gasteiger partial charge in [0.05, 0.1) is 30.3 Å². The number of nitrogens with zero attached hydrogens (tertiary/aromatic N) is 2. The van der Waals surface area contributed by atoms with Crippen molar-refractivity contribution in [2.45, 2.75) is 40.0 Å². The van der Waals surface area contributed by atoms with Gasteiger partial charge in [0, 0.05) is 0 Å². The van der Waals surface area contributed by atoms with Crippen LogP contribution in [0.2, 0.25) is 0 Å². The number of unbranched alkanes of at least 4 members (excludes halogenated alkanes) is 2. The average molecular weight is 389 g/mol. The van der Waals surface area contributed by atoms with E-state index in [1.165, 1.54) is 11.1 Å². The summed E-state index contributed by atoms with van der Waals surface area (Å²) in [4.78, 5) is 7.85. The Morgan fingerprint density at radius 1 is 1.14 bits per heavy atom. The molecule has 0 atom stereocenters. The van der Waals surface area contributed by atoms with Crippen molar-refractivity contribution in [3.63, 3.8) is 0 Å². The van der Waals surface area contributed by atoms with Gasteiger partial charge in [-0.1, -0.05) is 25.8 Å². The molecule has 3 rings (SSSR count). The first-order chi connectivity index (χ1) is 14.0. The van der Waals surface area contributed by atoms with E-state index < -0.39 is 0 Å². The molecule has 5 nitrogen and oxygen atoms in total. The third-order valence-corrected chi connectivity index (χ3v) is 4.98. The lowest BCUT2D eigenvalue weighted by Crippen LogP contribution is -1.99. The summed E-state index contributed by atoms with van der Waals surface area (Å²) in [5, 5.41) is 9.69. The highest BCUT2D eigenvalue weighted by Gasteiger charge is 2.11. The molecule has 0 aliphatic heterocycles. The Bertz CT molecular complexity index is 1030. The van der Waals surface area contributed by atoms with E-state index in [0.29, 0.717) is 29.5 Å². The van der Waals surface area contributed by atoms with Gasteiger partial charge in [-0.05, 0) is 67.3 Å². The number of aromatic nitrogens is 2. The standard InChI is InChI=1S/C24H27N3O2/c1-5-6-7-10-29-22-9-8-18(14-23(22)28-4)13-19(15-25)24-26-20-11-16(2)17(3)12-21(20)27-24/h8-9,11-14H,5-7,10H2,1-4H3,(H,26,27)/b19-13-. The van der Waals surface area contributed by atoms with E-state index in [1.54, 1.807) is 13.2 Å². The van der Waals surface area contributed by atoms with Crippen LogP contribution in [0.15, 0.2) is 30.3 Å². The lowest BCUT2D eigenvalue weighted by molar-refractivity contribution is 0.286. The van der Waals surface area contributed by atoms with Crippen LogP contribution in [-0.2, 0) is 0 Å². The number of nitriles is 1. The van der Waals surface area contributed by atoms with E-state index >= 15 is 0 Å². The Morgan fingerprint density at radius 3 is 2.66 bits per heavy atom. The Hall–Kier alpha value is -3.26. The molecule has 5 heteroatoms. The number of imidazole rings is 1. The molecule has 3 aromatic rings. The Kier molecular flexibility index (Phi) is 6.56. The zero-order valence-electron chi connectivity index (χ0n) is 17.5. The maximum absolute atomic E-state index is 9.69. The van der Waals surface area contributed by atoms with Gasteiger partial charge in [0.15, 0.2) is 11.5 Å². The molecule has 150 valence electrons. The fourth-order valence-corrected chi connectivity index (χ4v) is 3.14. The van der Waals surface area contributed by atoms with E-state index in [2.05, 4.69) is 42.9 Å². The quantitative estimate of drug-likeness (QED) is 0.389. The maximum Gasteiger partial charge on any atom is 0.161 e. The van der Waals surface area contributed by atoms with Crippen molar-refractivity contribution in [1.29, 1.82) is 5.26 Å². The number of benzene rings is 2. The van der Waals surface area contributed by atoms with Gasteiger partial charge in [-0.3, -0.25) is 0 Å². The number of aryl methyl sites for hydroxylation is 2. The fourth-order valence-electron chi connectivity index (χ4n) is 3.14. The number of H-pyrrole nitrogens is 1. The van der Waals surface area contributed by atoms with E-state index in [9.17, 15) is 5.26 Å². The summed E-state index contributed by atoms with van der Waals surface area (Å²) in [5.74, 6) is 1.93. The van der Waals surface area contributed by atoms with Crippen molar-refractivity contribution in [2.75, 3.05) is 13.7 Å². The zero-order chi connectivity index (χ0) is 20.8. The van der Waals surface area contributed by atoms with Gasteiger partial charge in [-0.2, -0.15) is 5.26 Å². The van der Waals surface area contributed by atoms with Gasteiger partial charge in [0.2, 0.25) is 0 Å². The number of fused-ring (bicyclic) bond motifs is 1. The van der Waals surface area contributed by atoms with Gasteiger partial charge in [-0.15, -0.1) is 0 Å². The molecule has 0 spiro atoms. The maximum atomic E-state index is 9.69. The number of aromatic amines is 1. The topological polar surface area (TPSA) is 70.9 Å². The summed E-state index contributed by atoms with van der Waals surface area (Å²) in [6, 6.07) is 12.0. The summed E-state index contributed by atoms with van der Waals surface area (Å²) >= 11 is 0. The highest BCUT2D eigenvalue weighted by molar-refractivity contribution is 5.90. The minimum Gasteiger partial charge on any atom is -0.493 e. The van der Waals surface area contributed by atoms with Crippen molar-refractivity contribution < 1.29 is 9.47 Å². The van der Waals surface area contributed by atoms with Crippen LogP contribution in [-0.4, -0.2) is 23.7 Å². The molecule has 0 radical (unpaired) electrons. The predicted molar refractivity (Wildman–Crippen MR) is 117 cm³/mol. The first-order valence-corrected chi connectivity index (χ1v) is 9.95. The second-order valence-electron chi connectivity index (χ2n) is 7.17. The van der Waals surface area contributed by atoms with Crippen molar-refractivity contribution in [2.24, 2.45) is 0 Å². The second-order valence-corrected chi connectivity index (χ2v) is 7.17. The number of ether oxygens (including phenoxy) is 2. The van der Waals surface area contributed by atoms with E-state index in [4.69, 9.17) is 9.47 Å². The van der Waals surface area contributed by atoms with Gasteiger partial charge in [0.1, 0.15) is 11.9 Å². The number of methoxy groups -OCH3 is 1. The summed E-state index contributed by atoms with van der Waals surface area (Å²) in [6.45, 7) is 6.95. The molecule has 0 saturated heterocycles. The van der Waals surface area contributed by atoms with Crippen LogP contribution in [0.4, 0.5) is 0 Å². The van der Waals surface area contributed by atoms with E-state index in [-0.39, 0.29) is 0 Å². The average Bonchev–Trinajstić information content (AvgIpc) is 3.12. The fraction of sp³-hybridized carbons (Fsp3) is 0.333. The molecule has 0 amide bonds. The molecule has 29 heavy (non-hydrogen) atoms. The summed E-state index contributed by atoms with van der Waals surface area (Å²) in [5.41, 5.74) is 5.48. The highest BCUT2D eigenvalue weighted by Crippen LogP contribution is 2.30. The monoisotopic (exact) mass is 389 g/mol. The molecule has 0 saturated carbocycles. The lowest BCUT2D eigenvalue weighted by Gasteiger charge is -2.11. The normalized spacial score (nSPS) is 11.5. The number of allylic oxidation sites excluding steroid dienone is 1. The van der Waals surface area contributed by atoms with Gasteiger partial charge >= 0.3 is 0 Å². The van der Waals surface area contributed by atoms with Crippen LogP contribution in [0.25, 0.3) is 22.7 Å². The number of nitrogens with one attached hydrogen (secondary N) is 1. The van der Waals surface area contributed by atoms with Crippen LogP contribution in [0.1, 0.15) is 48.7 Å². The number of hydrogen-bond donors (Lipinski definition) is 1. The van der Waals surface area contributed by atoms with Crippen molar-refractivity contribution in [3.8, 4) is 17.6 Å². The van der Waals surface area contributed by atoms with Crippen molar-refractivity contribution >= 4 is 22.7 Å². The van der Waals surface area contributed by atoms with Crippen LogP contribution in [0.5, 0.6) is 11.5 Å². The zero-order valence-corrected chi connectivity index (χ0v) is 17.5. The molecule has 1 N–H and O–H groups in total. The Labute approximate surface area is 172 Å². The van der Waals surface area contributed by atoms with Crippen molar-refractivity contribution in [1.82, 2.24) is 9.97 Å². The minimum atomic E-state index is 0.468. The molecular formula is C24H27N3O2. The van der Waals surface area contributed by atoms with Gasteiger partial charge in [-0.25, -0.2) is 4.98 Å². The smallest absolute Gasteiger partial charge is 0.161 e. The van der Waals surface area contributed by atoms with Crippen LogP contribution < -0.4 is 9.47 Å². The molecule has 2 aromatic carbocycles. The number of hydrogen-bond acceptors (Lipinski definition) is 4. The number of rotatable bonds is 8. The molecule has 0 bridgehead atoms. The van der Waals surface area contributed by atoms with Crippen LogP contribution >= 0.6 is 0 Å². The molecule has 1 heterocycles. The van der Waals surface area contributed by atoms with E-state index in [1.807, 2.05) is 24.3 Å². The molecule has 0 unspecified atom stereocenters. The van der Waals surface area contributed by atoms with Crippen LogP contribution in [0.3, 0.4) is 0 Å². The molecule has 0 fully saturated rings. The second kappa shape index (κ2) is 9.29. The Balaban J connectivity index is 1.88. The molecule has 1 aromatic heterocycles. The largest absolute Gasteiger partial charge is 0.493 e. The molecule has 0 aliphatic rings. The predicted octanol–water partition coefficient (Wildman–Crippen LogP) is 5.82. The lowest BCUT2D eigenvalue weighted by atomic mass is 10.1. The SMILES string of the molecule is CCCCCOc1ccc(/C=C(/C#N)c2nc3cc(C)c(C)cc3[nH]2)cc1OC. The third kappa shape index (κ3) is 4.78. The van der Waals surface area contributed by atoms with Gasteiger partial charge < -0.3 is 14.5 Å². The van der Waals surface area contributed by atoms with Gasteiger partial charge in [0.25, 0.3) is 0 Å². The Morgan fingerprint density at radius 2 is 1.93 bits per heavy atom. The summed E-state index contributed by atoms with van der Waals surface area (Å²) < 4.78 is 11.3. The molecule has 0 aliphatic carbocycles. The summed E-state index contributed by atoms with van der Waals surface area (Å²) in [7, 11) is 1.62. The third-order valence-electron chi connectivity index (χ3n) is 4.98.